The van der Waals surface area contributed by atoms with Gasteiger partial charge in [-0.1, -0.05) is 0 Å². The number of nitrogens with zero attached hydrogens (tertiary/aromatic N) is 2. The molecule has 13 heavy (non-hydrogen) atoms. The summed E-state index contributed by atoms with van der Waals surface area (Å²) in [6, 6.07) is 4.14. The normalized spacial score (nSPS) is 10.2. The fourth-order valence-electron chi connectivity index (χ4n) is 0.991. The van der Waals surface area contributed by atoms with Gasteiger partial charge in [-0.05, 0) is 12.1 Å². The van der Waals surface area contributed by atoms with Crippen LogP contribution in [0.2, 0.25) is 0 Å². The first kappa shape index (κ1) is 7.60. The van der Waals surface area contributed by atoms with Gasteiger partial charge in [0.25, 0.3) is 5.89 Å². The maximum absolute atomic E-state index is 9.38. The Balaban J connectivity index is 2.53. The third-order valence-corrected chi connectivity index (χ3v) is 1.57. The Hall–Kier alpha value is -2.04. The highest BCUT2D eigenvalue weighted by atomic mass is 16.4. The summed E-state index contributed by atoms with van der Waals surface area (Å²) in [4.78, 5) is 0. The summed E-state index contributed by atoms with van der Waals surface area (Å²) in [5.74, 6) is 0.113. The van der Waals surface area contributed by atoms with E-state index in [4.69, 9.17) is 9.52 Å². The predicted molar refractivity (Wildman–Crippen MR) is 43.1 cm³/mol. The predicted octanol–water partition coefficient (Wildman–Crippen LogP) is 1.15. The van der Waals surface area contributed by atoms with Crippen molar-refractivity contribution in [3.63, 3.8) is 0 Å². The second-order valence-electron chi connectivity index (χ2n) is 2.45. The van der Waals surface area contributed by atoms with Gasteiger partial charge in [-0.25, -0.2) is 0 Å². The van der Waals surface area contributed by atoms with Gasteiger partial charge in [0.15, 0.2) is 0 Å². The Morgan fingerprint density at radius 2 is 2.08 bits per heavy atom. The van der Waals surface area contributed by atoms with Crippen LogP contribution in [-0.2, 0) is 0 Å². The average molecular weight is 178 g/mol. The molecule has 2 rings (SSSR count). The molecule has 1 aromatic heterocycles. The van der Waals surface area contributed by atoms with Crippen LogP contribution in [0.1, 0.15) is 0 Å². The SMILES string of the molecule is Oc1ccc(-c2nnco2)c(O)c1. The molecule has 0 amide bonds. The molecule has 0 aliphatic carbocycles. The maximum atomic E-state index is 9.38. The van der Waals surface area contributed by atoms with E-state index in [0.717, 1.165) is 0 Å². The van der Waals surface area contributed by atoms with Crippen LogP contribution in [0.15, 0.2) is 29.0 Å². The average Bonchev–Trinajstić information content (AvgIpc) is 2.56. The third-order valence-electron chi connectivity index (χ3n) is 1.57. The highest BCUT2D eigenvalue weighted by Gasteiger charge is 2.09. The number of aromatic nitrogens is 2. The number of phenolic OH excluding ortho intramolecular Hbond substituents is 2. The second-order valence-corrected chi connectivity index (χ2v) is 2.45. The van der Waals surface area contributed by atoms with Crippen molar-refractivity contribution in [2.45, 2.75) is 0 Å². The molecule has 0 fully saturated rings. The van der Waals surface area contributed by atoms with Gasteiger partial charge < -0.3 is 14.6 Å². The fourth-order valence-corrected chi connectivity index (χ4v) is 0.991. The molecule has 0 unspecified atom stereocenters. The second kappa shape index (κ2) is 2.78. The van der Waals surface area contributed by atoms with Crippen molar-refractivity contribution in [3.05, 3.63) is 24.6 Å². The molecule has 0 spiro atoms. The zero-order valence-corrected chi connectivity index (χ0v) is 6.51. The lowest BCUT2D eigenvalue weighted by molar-refractivity contribution is 0.449. The van der Waals surface area contributed by atoms with Crippen molar-refractivity contribution >= 4 is 0 Å². The van der Waals surface area contributed by atoms with E-state index in [-0.39, 0.29) is 17.4 Å². The summed E-state index contributed by atoms with van der Waals surface area (Å²) in [7, 11) is 0. The topological polar surface area (TPSA) is 79.4 Å². The maximum Gasteiger partial charge on any atom is 0.251 e. The van der Waals surface area contributed by atoms with E-state index in [9.17, 15) is 5.11 Å². The Morgan fingerprint density at radius 3 is 2.69 bits per heavy atom. The van der Waals surface area contributed by atoms with Crippen molar-refractivity contribution in [2.24, 2.45) is 0 Å². The number of aromatic hydroxyl groups is 2. The monoisotopic (exact) mass is 178 g/mol. The lowest BCUT2D eigenvalue weighted by atomic mass is 10.2. The summed E-state index contributed by atoms with van der Waals surface area (Å²) in [6.07, 6.45) is 1.17. The van der Waals surface area contributed by atoms with Gasteiger partial charge in [0.2, 0.25) is 6.39 Å². The van der Waals surface area contributed by atoms with Gasteiger partial charge in [-0.15, -0.1) is 10.2 Å². The number of phenols is 2. The van der Waals surface area contributed by atoms with E-state index >= 15 is 0 Å². The lowest BCUT2D eigenvalue weighted by Gasteiger charge is -1.98. The van der Waals surface area contributed by atoms with Crippen LogP contribution in [0.3, 0.4) is 0 Å². The quantitative estimate of drug-likeness (QED) is 0.684. The van der Waals surface area contributed by atoms with Gasteiger partial charge in [0.1, 0.15) is 11.5 Å². The molecule has 0 aliphatic heterocycles. The summed E-state index contributed by atoms with van der Waals surface area (Å²) in [6.45, 7) is 0. The first-order chi connectivity index (χ1) is 6.27. The van der Waals surface area contributed by atoms with Gasteiger partial charge in [0.05, 0.1) is 5.56 Å². The Bertz CT molecular complexity index is 411. The van der Waals surface area contributed by atoms with E-state index in [1.807, 2.05) is 0 Å². The van der Waals surface area contributed by atoms with E-state index in [1.165, 1.54) is 24.6 Å². The molecular formula is C8H6N2O3. The summed E-state index contributed by atoms with van der Waals surface area (Å²) in [5, 5.41) is 25.5. The molecule has 0 atom stereocenters. The molecule has 0 saturated carbocycles. The highest BCUT2D eigenvalue weighted by Crippen LogP contribution is 2.30. The van der Waals surface area contributed by atoms with Crippen molar-refractivity contribution in [3.8, 4) is 23.0 Å². The van der Waals surface area contributed by atoms with E-state index in [1.54, 1.807) is 0 Å². The molecule has 1 aromatic carbocycles. The number of hydrogen-bond donors (Lipinski definition) is 2. The highest BCUT2D eigenvalue weighted by molar-refractivity contribution is 5.63. The zero-order valence-electron chi connectivity index (χ0n) is 6.51. The molecule has 5 heteroatoms. The van der Waals surface area contributed by atoms with E-state index < -0.39 is 0 Å². The van der Waals surface area contributed by atoms with Crippen LogP contribution in [0.5, 0.6) is 11.5 Å². The molecule has 2 aromatic rings. The minimum atomic E-state index is -0.0933. The van der Waals surface area contributed by atoms with Crippen molar-refractivity contribution in [1.82, 2.24) is 10.2 Å². The Labute approximate surface area is 73.3 Å². The molecule has 2 N–H and O–H groups in total. The van der Waals surface area contributed by atoms with Crippen molar-refractivity contribution < 1.29 is 14.6 Å². The van der Waals surface area contributed by atoms with Gasteiger partial charge >= 0.3 is 0 Å². The van der Waals surface area contributed by atoms with Crippen LogP contribution < -0.4 is 0 Å². The van der Waals surface area contributed by atoms with Gasteiger partial charge in [0, 0.05) is 6.07 Å². The molecule has 0 saturated heterocycles. The number of rotatable bonds is 1. The minimum Gasteiger partial charge on any atom is -0.508 e. The minimum absolute atomic E-state index is 0.0132. The van der Waals surface area contributed by atoms with Crippen molar-refractivity contribution in [2.75, 3.05) is 0 Å². The van der Waals surface area contributed by atoms with Crippen LogP contribution >= 0.6 is 0 Å². The smallest absolute Gasteiger partial charge is 0.251 e. The first-order valence-corrected chi connectivity index (χ1v) is 3.56. The molecular weight excluding hydrogens is 172 g/mol. The van der Waals surface area contributed by atoms with Gasteiger partial charge in [-0.2, -0.15) is 0 Å². The number of benzene rings is 1. The van der Waals surface area contributed by atoms with Crippen LogP contribution in [-0.4, -0.2) is 20.4 Å². The van der Waals surface area contributed by atoms with Crippen LogP contribution in [0.25, 0.3) is 11.5 Å². The first-order valence-electron chi connectivity index (χ1n) is 3.56. The molecule has 1 heterocycles. The fraction of sp³-hybridized carbons (Fsp3) is 0. The largest absolute Gasteiger partial charge is 0.508 e. The van der Waals surface area contributed by atoms with E-state index in [2.05, 4.69) is 10.2 Å². The summed E-state index contributed by atoms with van der Waals surface area (Å²) < 4.78 is 4.88. The van der Waals surface area contributed by atoms with Crippen molar-refractivity contribution in [1.29, 1.82) is 0 Å². The molecule has 66 valence electrons. The van der Waals surface area contributed by atoms with Crippen LogP contribution in [0.4, 0.5) is 0 Å². The molecule has 0 aliphatic rings. The summed E-state index contributed by atoms with van der Waals surface area (Å²) in [5.41, 5.74) is 0.398. The van der Waals surface area contributed by atoms with Crippen LogP contribution in [0, 0.1) is 0 Å². The Morgan fingerprint density at radius 1 is 1.23 bits per heavy atom. The van der Waals surface area contributed by atoms with E-state index in [0.29, 0.717) is 5.56 Å². The third kappa shape index (κ3) is 1.31. The molecule has 5 nitrogen and oxygen atoms in total. The molecule has 0 radical (unpaired) electrons. The van der Waals surface area contributed by atoms with Gasteiger partial charge in [-0.3, -0.25) is 0 Å². The lowest BCUT2D eigenvalue weighted by Crippen LogP contribution is -1.78. The zero-order chi connectivity index (χ0) is 9.26. The standard InChI is InChI=1S/C8H6N2O3/c11-5-1-2-6(7(12)3-5)8-10-9-4-13-8/h1-4,11-12H. The summed E-state index contributed by atoms with van der Waals surface area (Å²) >= 11 is 0. The number of hydrogen-bond acceptors (Lipinski definition) is 5. The Kier molecular flexibility index (Phi) is 1.63. The molecule has 0 bridgehead atoms.